The molecule has 0 radical (unpaired) electrons. The van der Waals surface area contributed by atoms with Crippen molar-refractivity contribution in [3.8, 4) is 5.75 Å². The topological polar surface area (TPSA) is 89.7 Å². The summed E-state index contributed by atoms with van der Waals surface area (Å²) in [5.41, 5.74) is 5.75. The predicted octanol–water partition coefficient (Wildman–Crippen LogP) is 5.23. The first-order valence-corrected chi connectivity index (χ1v) is 9.60. The van der Waals surface area contributed by atoms with Crippen molar-refractivity contribution in [3.05, 3.63) is 94.0 Å². The van der Waals surface area contributed by atoms with Gasteiger partial charge in [-0.2, -0.15) is 5.10 Å². The van der Waals surface area contributed by atoms with Crippen molar-refractivity contribution in [2.24, 2.45) is 5.10 Å². The van der Waals surface area contributed by atoms with Crippen molar-refractivity contribution in [1.29, 1.82) is 0 Å². The lowest BCUT2D eigenvalue weighted by atomic mass is 10.2. The molecular weight excluding hydrogens is 388 g/mol. The van der Waals surface area contributed by atoms with Gasteiger partial charge in [0.1, 0.15) is 12.4 Å². The normalized spacial score (nSPS) is 11.0. The van der Waals surface area contributed by atoms with Gasteiger partial charge in [-0.3, -0.25) is 15.5 Å². The van der Waals surface area contributed by atoms with Crippen LogP contribution >= 0.6 is 11.3 Å². The zero-order chi connectivity index (χ0) is 20.1. The summed E-state index contributed by atoms with van der Waals surface area (Å²) in [6.45, 7) is 0.338. The Hall–Kier alpha value is -3.78. The van der Waals surface area contributed by atoms with Crippen LogP contribution in [0.1, 0.15) is 11.1 Å². The molecule has 0 saturated carbocycles. The number of anilines is 1. The number of nitrogens with one attached hydrogen (secondary N) is 1. The molecule has 0 aliphatic heterocycles. The summed E-state index contributed by atoms with van der Waals surface area (Å²) in [6.07, 6.45) is 1.71. The average molecular weight is 404 g/mol. The van der Waals surface area contributed by atoms with Gasteiger partial charge < -0.3 is 4.74 Å². The number of non-ortho nitro benzene ring substituents is 1. The van der Waals surface area contributed by atoms with Gasteiger partial charge in [0, 0.05) is 12.1 Å². The first-order chi connectivity index (χ1) is 14.2. The number of hydrazone groups is 1. The number of nitrogens with zero attached hydrogens (tertiary/aromatic N) is 3. The molecule has 8 heteroatoms. The zero-order valence-corrected chi connectivity index (χ0v) is 16.0. The van der Waals surface area contributed by atoms with E-state index in [0.29, 0.717) is 12.4 Å². The number of rotatable bonds is 7. The van der Waals surface area contributed by atoms with Crippen LogP contribution in [0.2, 0.25) is 0 Å². The summed E-state index contributed by atoms with van der Waals surface area (Å²) < 4.78 is 6.83. The number of benzene rings is 3. The van der Waals surface area contributed by atoms with Gasteiger partial charge in [0.2, 0.25) is 5.13 Å². The van der Waals surface area contributed by atoms with Crippen molar-refractivity contribution in [2.45, 2.75) is 6.61 Å². The van der Waals surface area contributed by atoms with Crippen LogP contribution in [0.4, 0.5) is 10.8 Å². The van der Waals surface area contributed by atoms with Crippen molar-refractivity contribution in [3.63, 3.8) is 0 Å². The highest BCUT2D eigenvalue weighted by molar-refractivity contribution is 7.22. The molecule has 1 aromatic heterocycles. The fourth-order valence-electron chi connectivity index (χ4n) is 2.61. The summed E-state index contributed by atoms with van der Waals surface area (Å²) in [5, 5.41) is 15.6. The van der Waals surface area contributed by atoms with Crippen LogP contribution in [-0.2, 0) is 6.61 Å². The minimum Gasteiger partial charge on any atom is -0.489 e. The molecule has 0 aliphatic rings. The molecule has 0 fully saturated rings. The summed E-state index contributed by atoms with van der Waals surface area (Å²) in [5.74, 6) is 0.708. The molecule has 7 nitrogen and oxygen atoms in total. The van der Waals surface area contributed by atoms with Gasteiger partial charge in [-0.15, -0.1) is 0 Å². The smallest absolute Gasteiger partial charge is 0.269 e. The second-order valence-electron chi connectivity index (χ2n) is 6.14. The molecule has 3 aromatic carbocycles. The maximum absolute atomic E-state index is 10.7. The van der Waals surface area contributed by atoms with Crippen LogP contribution in [0.5, 0.6) is 5.75 Å². The molecule has 1 heterocycles. The van der Waals surface area contributed by atoms with Crippen molar-refractivity contribution >= 4 is 38.6 Å². The molecule has 1 N–H and O–H groups in total. The Morgan fingerprint density at radius 3 is 2.55 bits per heavy atom. The van der Waals surface area contributed by atoms with Crippen molar-refractivity contribution in [2.75, 3.05) is 5.43 Å². The third-order valence-electron chi connectivity index (χ3n) is 4.10. The van der Waals surface area contributed by atoms with Gasteiger partial charge in [-0.1, -0.05) is 23.5 Å². The Bertz CT molecular complexity index is 1120. The minimum absolute atomic E-state index is 0.0665. The fourth-order valence-corrected chi connectivity index (χ4v) is 3.43. The molecule has 0 spiro atoms. The van der Waals surface area contributed by atoms with Gasteiger partial charge in [0.05, 0.1) is 21.4 Å². The molecule has 0 amide bonds. The van der Waals surface area contributed by atoms with E-state index in [9.17, 15) is 10.1 Å². The number of nitro benzene ring substituents is 1. The van der Waals surface area contributed by atoms with Crippen LogP contribution < -0.4 is 10.2 Å². The van der Waals surface area contributed by atoms with Gasteiger partial charge >= 0.3 is 0 Å². The Morgan fingerprint density at radius 1 is 1.07 bits per heavy atom. The Morgan fingerprint density at radius 2 is 1.83 bits per heavy atom. The van der Waals surface area contributed by atoms with Crippen LogP contribution in [0, 0.1) is 10.1 Å². The van der Waals surface area contributed by atoms with Crippen molar-refractivity contribution < 1.29 is 9.66 Å². The first kappa shape index (κ1) is 18.6. The van der Waals surface area contributed by atoms with Gasteiger partial charge in [-0.05, 0) is 59.7 Å². The SMILES string of the molecule is O=[N+]([O-])c1ccc(COc2ccc(/C=N/Nc3nc4ccccc4s3)cc2)cc1. The Kier molecular flexibility index (Phi) is 5.44. The lowest BCUT2D eigenvalue weighted by Gasteiger charge is -2.06. The molecule has 0 bridgehead atoms. The Balaban J connectivity index is 1.31. The lowest BCUT2D eigenvalue weighted by Crippen LogP contribution is -1.96. The number of ether oxygens (including phenoxy) is 1. The number of fused-ring (bicyclic) bond motifs is 1. The van der Waals surface area contributed by atoms with E-state index in [1.165, 1.54) is 12.1 Å². The van der Waals surface area contributed by atoms with E-state index < -0.39 is 4.92 Å². The van der Waals surface area contributed by atoms with Gasteiger partial charge in [0.25, 0.3) is 5.69 Å². The third kappa shape index (κ3) is 4.74. The maximum Gasteiger partial charge on any atom is 0.269 e. The van der Waals surface area contributed by atoms with E-state index >= 15 is 0 Å². The monoisotopic (exact) mass is 404 g/mol. The van der Waals surface area contributed by atoms with E-state index in [2.05, 4.69) is 15.5 Å². The average Bonchev–Trinajstić information content (AvgIpc) is 3.16. The lowest BCUT2D eigenvalue weighted by molar-refractivity contribution is -0.384. The van der Waals surface area contributed by atoms with E-state index in [-0.39, 0.29) is 5.69 Å². The molecule has 29 heavy (non-hydrogen) atoms. The summed E-state index contributed by atoms with van der Waals surface area (Å²) in [7, 11) is 0. The predicted molar refractivity (Wildman–Crippen MR) is 115 cm³/mol. The molecule has 4 rings (SSSR count). The summed E-state index contributed by atoms with van der Waals surface area (Å²) in [6, 6.07) is 21.7. The number of para-hydroxylation sites is 1. The minimum atomic E-state index is -0.420. The van der Waals surface area contributed by atoms with E-state index in [0.717, 1.165) is 26.5 Å². The molecule has 4 aromatic rings. The number of aromatic nitrogens is 1. The summed E-state index contributed by atoms with van der Waals surface area (Å²) in [4.78, 5) is 14.7. The van der Waals surface area contributed by atoms with Gasteiger partial charge in [-0.25, -0.2) is 4.98 Å². The van der Waals surface area contributed by atoms with Crippen LogP contribution in [0.3, 0.4) is 0 Å². The molecule has 0 atom stereocenters. The molecule has 144 valence electrons. The Labute approximate surface area is 170 Å². The molecule has 0 aliphatic carbocycles. The van der Waals surface area contributed by atoms with Crippen LogP contribution in [-0.4, -0.2) is 16.1 Å². The molecular formula is C21H16N4O3S. The number of hydrogen-bond acceptors (Lipinski definition) is 7. The van der Waals surface area contributed by atoms with E-state index in [1.54, 1.807) is 29.7 Å². The highest BCUT2D eigenvalue weighted by Crippen LogP contribution is 2.25. The molecule has 0 unspecified atom stereocenters. The second kappa shape index (κ2) is 8.49. The highest BCUT2D eigenvalue weighted by Gasteiger charge is 2.04. The third-order valence-corrected chi connectivity index (χ3v) is 5.04. The van der Waals surface area contributed by atoms with Crippen molar-refractivity contribution in [1.82, 2.24) is 4.98 Å². The quantitative estimate of drug-likeness (QED) is 0.259. The number of thiazole rings is 1. The van der Waals surface area contributed by atoms with Crippen LogP contribution in [0.15, 0.2) is 77.9 Å². The maximum atomic E-state index is 10.7. The number of hydrogen-bond donors (Lipinski definition) is 1. The number of nitro groups is 1. The van der Waals surface area contributed by atoms with E-state index in [4.69, 9.17) is 4.74 Å². The fraction of sp³-hybridized carbons (Fsp3) is 0.0476. The summed E-state index contributed by atoms with van der Waals surface area (Å²) >= 11 is 1.55. The van der Waals surface area contributed by atoms with E-state index in [1.807, 2.05) is 48.5 Å². The standard InChI is InChI=1S/C21H16N4O3S/c26-25(27)17-9-5-16(6-10-17)14-28-18-11-7-15(8-12-18)13-22-24-21-23-19-3-1-2-4-20(19)29-21/h1-13H,14H2,(H,23,24)/b22-13+. The van der Waals surface area contributed by atoms with Crippen LogP contribution in [0.25, 0.3) is 10.2 Å². The highest BCUT2D eigenvalue weighted by atomic mass is 32.1. The largest absolute Gasteiger partial charge is 0.489 e. The second-order valence-corrected chi connectivity index (χ2v) is 7.17. The zero-order valence-electron chi connectivity index (χ0n) is 15.2. The first-order valence-electron chi connectivity index (χ1n) is 8.78. The molecule has 0 saturated heterocycles. The van der Waals surface area contributed by atoms with Gasteiger partial charge in [0.15, 0.2) is 0 Å².